The van der Waals surface area contributed by atoms with Gasteiger partial charge in [0.2, 0.25) is 0 Å². The summed E-state index contributed by atoms with van der Waals surface area (Å²) in [5.74, 6) is 2.91. The highest BCUT2D eigenvalue weighted by Gasteiger charge is 2.31. The van der Waals surface area contributed by atoms with E-state index in [-0.39, 0.29) is 0 Å². The first-order chi connectivity index (χ1) is 17.4. The van der Waals surface area contributed by atoms with Crippen molar-refractivity contribution in [3.05, 3.63) is 77.4 Å². The van der Waals surface area contributed by atoms with E-state index in [1.54, 1.807) is 0 Å². The lowest BCUT2D eigenvalue weighted by Crippen LogP contribution is -2.37. The van der Waals surface area contributed by atoms with Gasteiger partial charge in [-0.15, -0.1) is 0 Å². The van der Waals surface area contributed by atoms with E-state index in [9.17, 15) is 5.11 Å². The van der Waals surface area contributed by atoms with Crippen molar-refractivity contribution in [1.82, 2.24) is 14.5 Å². The van der Waals surface area contributed by atoms with E-state index in [4.69, 9.17) is 9.47 Å². The van der Waals surface area contributed by atoms with Gasteiger partial charge in [-0.25, -0.2) is 4.98 Å². The summed E-state index contributed by atoms with van der Waals surface area (Å²) in [5.41, 5.74) is 2.79. The van der Waals surface area contributed by atoms with E-state index >= 15 is 0 Å². The van der Waals surface area contributed by atoms with E-state index in [2.05, 4.69) is 65.6 Å². The molecule has 0 unspecified atom stereocenters. The first-order valence-corrected chi connectivity index (χ1v) is 13.3. The Balaban J connectivity index is 1.23. The first kappa shape index (κ1) is 26.2. The summed E-state index contributed by atoms with van der Waals surface area (Å²) < 4.78 is 14.3. The number of aryl methyl sites for hydroxylation is 4. The highest BCUT2D eigenvalue weighted by Crippen LogP contribution is 2.27. The van der Waals surface area contributed by atoms with Gasteiger partial charge < -0.3 is 19.1 Å². The molecule has 0 aliphatic carbocycles. The van der Waals surface area contributed by atoms with E-state index < -0.39 is 5.60 Å². The van der Waals surface area contributed by atoms with Crippen LogP contribution < -0.4 is 9.47 Å². The molecule has 6 nitrogen and oxygen atoms in total. The number of likely N-dealkylation sites (tertiary alicyclic amines) is 1. The average Bonchev–Trinajstić information content (AvgIpc) is 3.24. The van der Waals surface area contributed by atoms with Crippen molar-refractivity contribution in [2.24, 2.45) is 0 Å². The Labute approximate surface area is 215 Å². The zero-order valence-corrected chi connectivity index (χ0v) is 22.1. The molecule has 0 amide bonds. The number of hydrogen-bond acceptors (Lipinski definition) is 5. The molecule has 0 spiro atoms. The molecular formula is C30H41N3O3. The molecule has 4 rings (SSSR count). The monoisotopic (exact) mass is 491 g/mol. The molecular weight excluding hydrogens is 450 g/mol. The molecule has 2 aromatic carbocycles. The van der Waals surface area contributed by atoms with Crippen LogP contribution >= 0.6 is 0 Å². The Morgan fingerprint density at radius 2 is 1.94 bits per heavy atom. The van der Waals surface area contributed by atoms with E-state index in [0.29, 0.717) is 19.6 Å². The first-order valence-electron chi connectivity index (χ1n) is 13.3. The third-order valence-electron chi connectivity index (χ3n) is 7.07. The Kier molecular flexibility index (Phi) is 9.05. The molecule has 1 N–H and O–H groups in total. The highest BCUT2D eigenvalue weighted by molar-refractivity contribution is 5.35. The average molecular weight is 492 g/mol. The van der Waals surface area contributed by atoms with Crippen molar-refractivity contribution < 1.29 is 14.6 Å². The Bertz CT molecular complexity index is 1110. The van der Waals surface area contributed by atoms with Gasteiger partial charge in [-0.1, -0.05) is 36.8 Å². The van der Waals surface area contributed by atoms with Gasteiger partial charge in [0, 0.05) is 38.4 Å². The van der Waals surface area contributed by atoms with Gasteiger partial charge in [0.25, 0.3) is 0 Å². The number of benzene rings is 2. The van der Waals surface area contributed by atoms with E-state index in [1.807, 2.05) is 24.5 Å². The van der Waals surface area contributed by atoms with Crippen molar-refractivity contribution in [3.8, 4) is 11.5 Å². The zero-order valence-electron chi connectivity index (χ0n) is 22.1. The Morgan fingerprint density at radius 3 is 2.78 bits per heavy atom. The quantitative estimate of drug-likeness (QED) is 0.368. The molecule has 2 heterocycles. The van der Waals surface area contributed by atoms with E-state index in [1.165, 1.54) is 11.1 Å². The minimum atomic E-state index is -0.788. The summed E-state index contributed by atoms with van der Waals surface area (Å²) in [6.45, 7) is 10.9. The largest absolute Gasteiger partial charge is 0.494 e. The molecule has 0 bridgehead atoms. The fraction of sp³-hybridized carbons (Fsp3) is 0.500. The van der Waals surface area contributed by atoms with Gasteiger partial charge in [0.1, 0.15) is 23.9 Å². The predicted molar refractivity (Wildman–Crippen MR) is 144 cm³/mol. The lowest BCUT2D eigenvalue weighted by Gasteiger charge is -2.27. The van der Waals surface area contributed by atoms with E-state index in [0.717, 1.165) is 74.7 Å². The van der Waals surface area contributed by atoms with Crippen LogP contribution in [0.3, 0.4) is 0 Å². The van der Waals surface area contributed by atoms with Crippen LogP contribution in [0.25, 0.3) is 0 Å². The molecule has 3 aromatic rings. The maximum atomic E-state index is 11.2. The fourth-order valence-electron chi connectivity index (χ4n) is 4.99. The third-order valence-corrected chi connectivity index (χ3v) is 7.07. The van der Waals surface area contributed by atoms with Crippen LogP contribution in [-0.4, -0.2) is 51.5 Å². The summed E-state index contributed by atoms with van der Waals surface area (Å²) >= 11 is 0. The molecule has 0 saturated carbocycles. The van der Waals surface area contributed by atoms with Crippen LogP contribution in [-0.2, 0) is 19.5 Å². The zero-order chi connectivity index (χ0) is 25.4. The van der Waals surface area contributed by atoms with Crippen LogP contribution in [0, 0.1) is 13.8 Å². The van der Waals surface area contributed by atoms with Gasteiger partial charge >= 0.3 is 0 Å². The molecule has 0 radical (unpaired) electrons. The Morgan fingerprint density at radius 1 is 1.06 bits per heavy atom. The van der Waals surface area contributed by atoms with Gasteiger partial charge in [-0.05, 0) is 75.4 Å². The summed E-state index contributed by atoms with van der Waals surface area (Å²) in [7, 11) is 0. The Hall–Kier alpha value is -2.83. The summed E-state index contributed by atoms with van der Waals surface area (Å²) in [5, 5.41) is 11.2. The molecule has 1 fully saturated rings. The summed E-state index contributed by atoms with van der Waals surface area (Å²) in [4.78, 5) is 6.81. The van der Waals surface area contributed by atoms with Crippen molar-refractivity contribution >= 4 is 0 Å². The second-order valence-corrected chi connectivity index (χ2v) is 10.2. The lowest BCUT2D eigenvalue weighted by molar-refractivity contribution is -0.0170. The minimum Gasteiger partial charge on any atom is -0.494 e. The molecule has 1 aromatic heterocycles. The molecule has 1 atom stereocenters. The number of rotatable bonds is 11. The summed E-state index contributed by atoms with van der Waals surface area (Å²) in [6, 6.07) is 14.6. The number of imidazole rings is 1. The fourth-order valence-corrected chi connectivity index (χ4v) is 4.99. The SMILES string of the molecule is CCc1nccn1CCCOc1cccc(CN2CCC[C@@](O)(COc3ccc(C)cc3C)CC2)c1. The van der Waals surface area contributed by atoms with Gasteiger partial charge in [-0.3, -0.25) is 4.90 Å². The van der Waals surface area contributed by atoms with Crippen molar-refractivity contribution in [3.63, 3.8) is 0 Å². The minimum absolute atomic E-state index is 0.340. The highest BCUT2D eigenvalue weighted by atomic mass is 16.5. The lowest BCUT2D eigenvalue weighted by atomic mass is 9.96. The number of aromatic nitrogens is 2. The second-order valence-electron chi connectivity index (χ2n) is 10.2. The predicted octanol–water partition coefficient (Wildman–Crippen LogP) is 5.33. The second kappa shape index (κ2) is 12.4. The van der Waals surface area contributed by atoms with Crippen molar-refractivity contribution in [2.45, 2.75) is 71.6 Å². The standard InChI is InChI=1S/C30H41N3O3/c1-4-29-31-14-18-33(29)16-7-19-35-27-9-5-8-26(21-27)22-32-15-6-12-30(34,13-17-32)23-36-28-11-10-24(2)20-25(28)3/h5,8-11,14,18,20-21,34H,4,6-7,12-13,15-17,19,22-23H2,1-3H3/t30-/m0/s1. The molecule has 1 saturated heterocycles. The molecule has 194 valence electrons. The maximum Gasteiger partial charge on any atom is 0.122 e. The van der Waals surface area contributed by atoms with Gasteiger partial charge in [-0.2, -0.15) is 0 Å². The van der Waals surface area contributed by atoms with Gasteiger partial charge in [0.05, 0.1) is 12.2 Å². The number of nitrogens with zero attached hydrogens (tertiary/aromatic N) is 3. The van der Waals surface area contributed by atoms with Crippen molar-refractivity contribution in [1.29, 1.82) is 0 Å². The number of aliphatic hydroxyl groups is 1. The van der Waals surface area contributed by atoms with Gasteiger partial charge in [0.15, 0.2) is 0 Å². The van der Waals surface area contributed by atoms with Crippen LogP contribution in [0.2, 0.25) is 0 Å². The number of hydrogen-bond donors (Lipinski definition) is 1. The maximum absolute atomic E-state index is 11.2. The molecule has 6 heteroatoms. The van der Waals surface area contributed by atoms with Crippen LogP contribution in [0.5, 0.6) is 11.5 Å². The smallest absolute Gasteiger partial charge is 0.122 e. The number of ether oxygens (including phenoxy) is 2. The summed E-state index contributed by atoms with van der Waals surface area (Å²) in [6.07, 6.45) is 8.22. The van der Waals surface area contributed by atoms with Crippen molar-refractivity contribution in [2.75, 3.05) is 26.3 Å². The normalized spacial score (nSPS) is 18.7. The van der Waals surface area contributed by atoms with Crippen LogP contribution in [0.1, 0.15) is 55.1 Å². The molecule has 1 aliphatic rings. The molecule has 36 heavy (non-hydrogen) atoms. The van der Waals surface area contributed by atoms with Crippen LogP contribution in [0.4, 0.5) is 0 Å². The topological polar surface area (TPSA) is 59.8 Å². The van der Waals surface area contributed by atoms with Crippen LogP contribution in [0.15, 0.2) is 54.9 Å². The third kappa shape index (κ3) is 7.34. The molecule has 1 aliphatic heterocycles.